The van der Waals surface area contributed by atoms with Gasteiger partial charge in [-0.05, 0) is 11.6 Å². The second-order valence-corrected chi connectivity index (χ2v) is 5.71. The molecule has 0 saturated carbocycles. The molecular weight excluding hydrogens is 307 g/mol. The summed E-state index contributed by atoms with van der Waals surface area (Å²) in [4.78, 5) is 25.4. The third-order valence-electron chi connectivity index (χ3n) is 3.75. The van der Waals surface area contributed by atoms with Crippen LogP contribution in [0.1, 0.15) is 30.5 Å². The Bertz CT molecular complexity index is 704. The molecule has 0 spiro atoms. The zero-order valence-corrected chi connectivity index (χ0v) is 13.8. The van der Waals surface area contributed by atoms with Gasteiger partial charge >= 0.3 is 0 Å². The summed E-state index contributed by atoms with van der Waals surface area (Å²) in [6.45, 7) is 1.61. The Labute approximate surface area is 141 Å². The summed E-state index contributed by atoms with van der Waals surface area (Å²) >= 11 is 0. The number of amides is 2. The molecular formula is C19H21FN2O2. The van der Waals surface area contributed by atoms with Crippen LogP contribution < -0.4 is 5.32 Å². The first-order valence-electron chi connectivity index (χ1n) is 7.77. The van der Waals surface area contributed by atoms with Gasteiger partial charge < -0.3 is 10.2 Å². The Morgan fingerprint density at radius 3 is 2.33 bits per heavy atom. The van der Waals surface area contributed by atoms with Crippen molar-refractivity contribution in [2.24, 2.45) is 0 Å². The van der Waals surface area contributed by atoms with Gasteiger partial charge in [0.25, 0.3) is 0 Å². The maximum atomic E-state index is 13.7. The van der Waals surface area contributed by atoms with Crippen molar-refractivity contribution in [1.29, 1.82) is 0 Å². The SMILES string of the molecule is CC(=O)N[C@H](CC(=O)N(C)Cc1ccccc1F)c1ccccc1. The summed E-state index contributed by atoms with van der Waals surface area (Å²) in [5.74, 6) is -0.701. The van der Waals surface area contributed by atoms with Gasteiger partial charge in [-0.25, -0.2) is 4.39 Å². The predicted molar refractivity (Wildman–Crippen MR) is 90.5 cm³/mol. The predicted octanol–water partition coefficient (Wildman–Crippen LogP) is 3.05. The van der Waals surface area contributed by atoms with Crippen LogP contribution in [0.25, 0.3) is 0 Å². The normalized spacial score (nSPS) is 11.6. The van der Waals surface area contributed by atoms with E-state index in [1.807, 2.05) is 30.3 Å². The number of carbonyl (C=O) groups is 2. The first kappa shape index (κ1) is 17.7. The third kappa shape index (κ3) is 4.91. The van der Waals surface area contributed by atoms with E-state index in [-0.39, 0.29) is 30.6 Å². The molecule has 0 aliphatic carbocycles. The highest BCUT2D eigenvalue weighted by Gasteiger charge is 2.20. The smallest absolute Gasteiger partial charge is 0.225 e. The van der Waals surface area contributed by atoms with Crippen molar-refractivity contribution in [2.45, 2.75) is 25.9 Å². The van der Waals surface area contributed by atoms with E-state index in [1.165, 1.54) is 17.9 Å². The molecule has 24 heavy (non-hydrogen) atoms. The largest absolute Gasteiger partial charge is 0.349 e. The monoisotopic (exact) mass is 328 g/mol. The topological polar surface area (TPSA) is 49.4 Å². The van der Waals surface area contributed by atoms with Gasteiger partial charge in [-0.15, -0.1) is 0 Å². The summed E-state index contributed by atoms with van der Waals surface area (Å²) in [5.41, 5.74) is 1.32. The highest BCUT2D eigenvalue weighted by atomic mass is 19.1. The van der Waals surface area contributed by atoms with Crippen molar-refractivity contribution < 1.29 is 14.0 Å². The fourth-order valence-corrected chi connectivity index (χ4v) is 2.48. The number of halogens is 1. The number of carbonyl (C=O) groups excluding carboxylic acids is 2. The van der Waals surface area contributed by atoms with Crippen LogP contribution in [-0.2, 0) is 16.1 Å². The molecule has 2 rings (SSSR count). The summed E-state index contributed by atoms with van der Waals surface area (Å²) in [6, 6.07) is 15.3. The first-order chi connectivity index (χ1) is 11.5. The van der Waals surface area contributed by atoms with Crippen molar-refractivity contribution in [1.82, 2.24) is 10.2 Å². The molecule has 4 nitrogen and oxygen atoms in total. The number of rotatable bonds is 6. The van der Waals surface area contributed by atoms with Crippen molar-refractivity contribution in [3.8, 4) is 0 Å². The van der Waals surface area contributed by atoms with Crippen LogP contribution in [0.2, 0.25) is 0 Å². The van der Waals surface area contributed by atoms with Gasteiger partial charge in [0.1, 0.15) is 5.82 Å². The molecule has 0 radical (unpaired) electrons. The minimum Gasteiger partial charge on any atom is -0.349 e. The number of hydrogen-bond acceptors (Lipinski definition) is 2. The molecule has 126 valence electrons. The fourth-order valence-electron chi connectivity index (χ4n) is 2.48. The van der Waals surface area contributed by atoms with E-state index in [1.54, 1.807) is 25.2 Å². The third-order valence-corrected chi connectivity index (χ3v) is 3.75. The van der Waals surface area contributed by atoms with E-state index in [0.717, 1.165) is 5.56 Å². The highest BCUT2D eigenvalue weighted by Crippen LogP contribution is 2.18. The molecule has 1 atom stereocenters. The Hall–Kier alpha value is -2.69. The van der Waals surface area contributed by atoms with Crippen LogP contribution in [0.3, 0.4) is 0 Å². The van der Waals surface area contributed by atoms with E-state index >= 15 is 0 Å². The lowest BCUT2D eigenvalue weighted by Crippen LogP contribution is -2.33. The van der Waals surface area contributed by atoms with Gasteiger partial charge in [0.2, 0.25) is 11.8 Å². The number of benzene rings is 2. The molecule has 0 aliphatic heterocycles. The second-order valence-electron chi connectivity index (χ2n) is 5.71. The molecule has 0 aromatic heterocycles. The first-order valence-corrected chi connectivity index (χ1v) is 7.77. The van der Waals surface area contributed by atoms with Gasteiger partial charge in [0, 0.05) is 26.1 Å². The van der Waals surface area contributed by atoms with Crippen LogP contribution in [0.15, 0.2) is 54.6 Å². The summed E-state index contributed by atoms with van der Waals surface area (Å²) in [6.07, 6.45) is 0.120. The molecule has 0 bridgehead atoms. The van der Waals surface area contributed by atoms with Crippen LogP contribution >= 0.6 is 0 Å². The minimum atomic E-state index is -0.403. The lowest BCUT2D eigenvalue weighted by molar-refractivity contribution is -0.131. The molecule has 0 saturated heterocycles. The molecule has 0 heterocycles. The van der Waals surface area contributed by atoms with Gasteiger partial charge in [-0.3, -0.25) is 9.59 Å². The van der Waals surface area contributed by atoms with E-state index in [4.69, 9.17) is 0 Å². The van der Waals surface area contributed by atoms with Gasteiger partial charge in [-0.1, -0.05) is 48.5 Å². The Morgan fingerprint density at radius 1 is 1.08 bits per heavy atom. The lowest BCUT2D eigenvalue weighted by atomic mass is 10.0. The molecule has 0 unspecified atom stereocenters. The Kier molecular flexibility index (Phi) is 6.07. The average Bonchev–Trinajstić information content (AvgIpc) is 2.56. The van der Waals surface area contributed by atoms with Crippen molar-refractivity contribution >= 4 is 11.8 Å². The average molecular weight is 328 g/mol. The quantitative estimate of drug-likeness (QED) is 0.886. The van der Waals surface area contributed by atoms with Gasteiger partial charge in [0.05, 0.1) is 12.5 Å². The van der Waals surface area contributed by atoms with Gasteiger partial charge in [-0.2, -0.15) is 0 Å². The van der Waals surface area contributed by atoms with Crippen LogP contribution in [0.4, 0.5) is 4.39 Å². The van der Waals surface area contributed by atoms with Crippen LogP contribution in [-0.4, -0.2) is 23.8 Å². The molecule has 2 amide bonds. The highest BCUT2D eigenvalue weighted by molar-refractivity contribution is 5.79. The summed E-state index contributed by atoms with van der Waals surface area (Å²) in [5, 5.41) is 2.80. The lowest BCUT2D eigenvalue weighted by Gasteiger charge is -2.23. The number of hydrogen-bond donors (Lipinski definition) is 1. The van der Waals surface area contributed by atoms with E-state index in [2.05, 4.69) is 5.32 Å². The molecule has 1 N–H and O–H groups in total. The molecule has 2 aromatic carbocycles. The molecule has 0 aliphatic rings. The van der Waals surface area contributed by atoms with Crippen LogP contribution in [0.5, 0.6) is 0 Å². The van der Waals surface area contributed by atoms with E-state index < -0.39 is 6.04 Å². The van der Waals surface area contributed by atoms with Crippen LogP contribution in [0, 0.1) is 5.82 Å². The van der Waals surface area contributed by atoms with E-state index in [0.29, 0.717) is 5.56 Å². The fraction of sp³-hybridized carbons (Fsp3) is 0.263. The molecule has 5 heteroatoms. The Morgan fingerprint density at radius 2 is 1.71 bits per heavy atom. The Balaban J connectivity index is 2.06. The second kappa shape index (κ2) is 8.24. The summed E-state index contributed by atoms with van der Waals surface area (Å²) in [7, 11) is 1.63. The minimum absolute atomic E-state index is 0.120. The standard InChI is InChI=1S/C19H21FN2O2/c1-14(23)21-18(15-8-4-3-5-9-15)12-19(24)22(2)13-16-10-6-7-11-17(16)20/h3-11,18H,12-13H2,1-2H3,(H,21,23)/t18-/m1/s1. The van der Waals surface area contributed by atoms with Crippen molar-refractivity contribution in [3.05, 3.63) is 71.5 Å². The maximum Gasteiger partial charge on any atom is 0.225 e. The zero-order chi connectivity index (χ0) is 17.5. The zero-order valence-electron chi connectivity index (χ0n) is 13.8. The van der Waals surface area contributed by atoms with Crippen molar-refractivity contribution in [2.75, 3.05) is 7.05 Å². The molecule has 2 aromatic rings. The maximum absolute atomic E-state index is 13.7. The number of nitrogens with one attached hydrogen (secondary N) is 1. The van der Waals surface area contributed by atoms with Crippen molar-refractivity contribution in [3.63, 3.8) is 0 Å². The number of nitrogens with zero attached hydrogens (tertiary/aromatic N) is 1. The van der Waals surface area contributed by atoms with E-state index in [9.17, 15) is 14.0 Å². The summed E-state index contributed by atoms with van der Waals surface area (Å²) < 4.78 is 13.7. The van der Waals surface area contributed by atoms with Gasteiger partial charge in [0.15, 0.2) is 0 Å². The molecule has 0 fully saturated rings.